The highest BCUT2D eigenvalue weighted by Gasteiger charge is 2.16. The minimum Gasteiger partial charge on any atom is -0.299 e. The summed E-state index contributed by atoms with van der Waals surface area (Å²) in [6.45, 7) is 2.23. The highest BCUT2D eigenvalue weighted by Crippen LogP contribution is 2.26. The first-order valence-corrected chi connectivity index (χ1v) is 7.32. The molecule has 0 atom stereocenters. The number of benzene rings is 2. The molecule has 0 aliphatic heterocycles. The Morgan fingerprint density at radius 3 is 2.68 bits per heavy atom. The van der Waals surface area contributed by atoms with Gasteiger partial charge < -0.3 is 0 Å². The van der Waals surface area contributed by atoms with Crippen LogP contribution in [-0.4, -0.2) is 5.78 Å². The van der Waals surface area contributed by atoms with Crippen LogP contribution in [0.5, 0.6) is 0 Å². The topological polar surface area (TPSA) is 17.1 Å². The number of Topliss-reactive ketones (excluding diaryl/α,β-unsaturated/α-hetero) is 1. The zero-order valence-corrected chi connectivity index (χ0v) is 11.5. The molecule has 1 heteroatoms. The Kier molecular flexibility index (Phi) is 3.37. The van der Waals surface area contributed by atoms with E-state index in [-0.39, 0.29) is 0 Å². The number of aryl methyl sites for hydroxylation is 2. The van der Waals surface area contributed by atoms with Crippen molar-refractivity contribution in [2.75, 3.05) is 0 Å². The molecule has 0 saturated carbocycles. The number of rotatable bonds is 3. The first kappa shape index (κ1) is 12.4. The maximum atomic E-state index is 11.5. The fraction of sp³-hybridized carbons (Fsp3) is 0.389. The van der Waals surface area contributed by atoms with Crippen LogP contribution in [0.3, 0.4) is 0 Å². The van der Waals surface area contributed by atoms with Gasteiger partial charge in [0.25, 0.3) is 0 Å². The molecule has 3 rings (SSSR count). The maximum Gasteiger partial charge on any atom is 0.137 e. The number of fused-ring (bicyclic) bond motifs is 2. The van der Waals surface area contributed by atoms with Gasteiger partial charge in [0.2, 0.25) is 0 Å². The van der Waals surface area contributed by atoms with E-state index in [1.807, 2.05) is 0 Å². The van der Waals surface area contributed by atoms with Gasteiger partial charge in [-0.15, -0.1) is 0 Å². The van der Waals surface area contributed by atoms with Gasteiger partial charge in [0, 0.05) is 12.8 Å². The van der Waals surface area contributed by atoms with Gasteiger partial charge in [-0.3, -0.25) is 4.79 Å². The largest absolute Gasteiger partial charge is 0.299 e. The molecule has 0 heterocycles. The summed E-state index contributed by atoms with van der Waals surface area (Å²) >= 11 is 0. The van der Waals surface area contributed by atoms with Crippen LogP contribution in [0.4, 0.5) is 0 Å². The Morgan fingerprint density at radius 2 is 1.84 bits per heavy atom. The summed E-state index contributed by atoms with van der Waals surface area (Å²) in [6, 6.07) is 11.3. The SMILES string of the molecule is CCCCc1ccc2cc3c(cc2c1)CCC(=O)C3. The van der Waals surface area contributed by atoms with E-state index >= 15 is 0 Å². The summed E-state index contributed by atoms with van der Waals surface area (Å²) in [7, 11) is 0. The monoisotopic (exact) mass is 252 g/mol. The van der Waals surface area contributed by atoms with Crippen molar-refractivity contribution in [1.29, 1.82) is 0 Å². The van der Waals surface area contributed by atoms with E-state index in [2.05, 4.69) is 37.3 Å². The van der Waals surface area contributed by atoms with Crippen LogP contribution in [0.15, 0.2) is 30.3 Å². The van der Waals surface area contributed by atoms with Gasteiger partial charge in [0.05, 0.1) is 0 Å². The number of ketones is 1. The van der Waals surface area contributed by atoms with Crippen molar-refractivity contribution < 1.29 is 4.79 Å². The summed E-state index contributed by atoms with van der Waals surface area (Å²) in [4.78, 5) is 11.5. The van der Waals surface area contributed by atoms with E-state index in [0.29, 0.717) is 18.6 Å². The quantitative estimate of drug-likeness (QED) is 0.798. The van der Waals surface area contributed by atoms with Crippen LogP contribution < -0.4 is 0 Å². The highest BCUT2D eigenvalue weighted by molar-refractivity contribution is 5.89. The molecule has 19 heavy (non-hydrogen) atoms. The molecule has 0 radical (unpaired) electrons. The Bertz CT molecular complexity index is 625. The van der Waals surface area contributed by atoms with Crippen molar-refractivity contribution in [3.63, 3.8) is 0 Å². The predicted octanol–water partition coefficient (Wildman–Crippen LogP) is 4.24. The molecule has 0 spiro atoms. The van der Waals surface area contributed by atoms with Crippen molar-refractivity contribution in [1.82, 2.24) is 0 Å². The van der Waals surface area contributed by atoms with Gasteiger partial charge in [-0.2, -0.15) is 0 Å². The van der Waals surface area contributed by atoms with Crippen LogP contribution in [0.1, 0.15) is 42.9 Å². The minimum atomic E-state index is 0.381. The molecule has 1 aliphatic carbocycles. The first-order valence-electron chi connectivity index (χ1n) is 7.32. The molecule has 0 N–H and O–H groups in total. The summed E-state index contributed by atoms with van der Waals surface area (Å²) in [6.07, 6.45) is 5.93. The molecule has 0 bridgehead atoms. The van der Waals surface area contributed by atoms with Crippen LogP contribution in [-0.2, 0) is 24.1 Å². The van der Waals surface area contributed by atoms with E-state index in [0.717, 1.165) is 6.42 Å². The van der Waals surface area contributed by atoms with Gasteiger partial charge >= 0.3 is 0 Å². The Morgan fingerprint density at radius 1 is 1.00 bits per heavy atom. The number of carbonyl (C=O) groups excluding carboxylic acids is 1. The van der Waals surface area contributed by atoms with Gasteiger partial charge in [-0.1, -0.05) is 43.7 Å². The molecule has 2 aromatic carbocycles. The standard InChI is InChI=1S/C18H20O/c1-2-3-4-13-5-6-14-11-17-12-18(19)8-7-15(17)10-16(14)9-13/h5-6,9-11H,2-4,7-8,12H2,1H3. The first-order chi connectivity index (χ1) is 9.26. The van der Waals surface area contributed by atoms with E-state index in [4.69, 9.17) is 0 Å². The average molecular weight is 252 g/mol. The van der Waals surface area contributed by atoms with Crippen LogP contribution >= 0.6 is 0 Å². The third kappa shape index (κ3) is 2.56. The van der Waals surface area contributed by atoms with Gasteiger partial charge in [-0.25, -0.2) is 0 Å². The summed E-state index contributed by atoms with van der Waals surface area (Å²) in [5.41, 5.74) is 4.05. The second-order valence-corrected chi connectivity index (χ2v) is 5.62. The van der Waals surface area contributed by atoms with Crippen molar-refractivity contribution in [3.05, 3.63) is 47.0 Å². The highest BCUT2D eigenvalue weighted by atomic mass is 16.1. The average Bonchev–Trinajstić information content (AvgIpc) is 2.42. The zero-order chi connectivity index (χ0) is 13.2. The predicted molar refractivity (Wildman–Crippen MR) is 79.6 cm³/mol. The third-order valence-electron chi connectivity index (χ3n) is 4.10. The minimum absolute atomic E-state index is 0.381. The third-order valence-corrected chi connectivity index (χ3v) is 4.10. The molecule has 0 aromatic heterocycles. The second kappa shape index (κ2) is 5.16. The Balaban J connectivity index is 2.00. The number of hydrogen-bond donors (Lipinski definition) is 0. The smallest absolute Gasteiger partial charge is 0.137 e. The molecular weight excluding hydrogens is 232 g/mol. The van der Waals surface area contributed by atoms with E-state index < -0.39 is 0 Å². The molecule has 2 aromatic rings. The zero-order valence-electron chi connectivity index (χ0n) is 11.5. The lowest BCUT2D eigenvalue weighted by Gasteiger charge is -2.16. The van der Waals surface area contributed by atoms with Crippen molar-refractivity contribution in [2.45, 2.75) is 45.4 Å². The molecule has 0 amide bonds. The molecule has 0 fully saturated rings. The van der Waals surface area contributed by atoms with Gasteiger partial charge in [0.1, 0.15) is 5.78 Å². The summed E-state index contributed by atoms with van der Waals surface area (Å²) < 4.78 is 0. The van der Waals surface area contributed by atoms with Crippen LogP contribution in [0.25, 0.3) is 10.8 Å². The van der Waals surface area contributed by atoms with Gasteiger partial charge in [0.15, 0.2) is 0 Å². The van der Waals surface area contributed by atoms with Crippen molar-refractivity contribution in [2.24, 2.45) is 0 Å². The fourth-order valence-electron chi connectivity index (χ4n) is 2.95. The van der Waals surface area contributed by atoms with Crippen LogP contribution in [0.2, 0.25) is 0 Å². The van der Waals surface area contributed by atoms with Crippen LogP contribution in [0, 0.1) is 0 Å². The molecule has 1 aliphatic rings. The number of unbranched alkanes of at least 4 members (excludes halogenated alkanes) is 1. The Hall–Kier alpha value is -1.63. The van der Waals surface area contributed by atoms with Crippen molar-refractivity contribution in [3.8, 4) is 0 Å². The molecule has 0 unspecified atom stereocenters. The van der Waals surface area contributed by atoms with E-state index in [1.165, 1.54) is 46.7 Å². The lowest BCUT2D eigenvalue weighted by molar-refractivity contribution is -0.118. The molecule has 98 valence electrons. The molecular formula is C18H20O. The summed E-state index contributed by atoms with van der Waals surface area (Å²) in [5.74, 6) is 0.381. The summed E-state index contributed by atoms with van der Waals surface area (Å²) in [5, 5.41) is 2.61. The molecule has 0 saturated heterocycles. The number of carbonyl (C=O) groups is 1. The lowest BCUT2D eigenvalue weighted by Crippen LogP contribution is -2.12. The normalized spacial score (nSPS) is 14.7. The fourth-order valence-corrected chi connectivity index (χ4v) is 2.95. The van der Waals surface area contributed by atoms with E-state index in [1.54, 1.807) is 0 Å². The van der Waals surface area contributed by atoms with E-state index in [9.17, 15) is 4.79 Å². The maximum absolute atomic E-state index is 11.5. The van der Waals surface area contributed by atoms with Crippen molar-refractivity contribution >= 4 is 16.6 Å². The Labute approximate surface area is 114 Å². The number of hydrogen-bond acceptors (Lipinski definition) is 1. The lowest BCUT2D eigenvalue weighted by atomic mass is 9.88. The molecule has 1 nitrogen and oxygen atoms in total. The van der Waals surface area contributed by atoms with Gasteiger partial charge in [-0.05, 0) is 46.7 Å². The second-order valence-electron chi connectivity index (χ2n) is 5.62.